The largest absolute Gasteiger partial charge is 0.339 e. The number of benzene rings is 3. The molecule has 0 spiro atoms. The number of para-hydroxylation sites is 1. The second-order valence-electron chi connectivity index (χ2n) is 10.2. The maximum atomic E-state index is 13.2. The molecule has 0 aliphatic carbocycles. The van der Waals surface area contributed by atoms with Crippen molar-refractivity contribution >= 4 is 23.6 Å². The summed E-state index contributed by atoms with van der Waals surface area (Å²) < 4.78 is 15.4. The number of halogens is 1. The van der Waals surface area contributed by atoms with Crippen LogP contribution in [0.4, 0.5) is 4.39 Å². The average Bonchev–Trinajstić information content (AvgIpc) is 3.39. The molecule has 1 saturated heterocycles. The number of amides is 2. The summed E-state index contributed by atoms with van der Waals surface area (Å²) in [6.07, 6.45) is 2.83. The minimum atomic E-state index is -0.366. The van der Waals surface area contributed by atoms with Crippen molar-refractivity contribution in [2.24, 2.45) is 0 Å². The van der Waals surface area contributed by atoms with Crippen LogP contribution >= 0.6 is 11.8 Å². The van der Waals surface area contributed by atoms with Gasteiger partial charge >= 0.3 is 0 Å². The highest BCUT2D eigenvalue weighted by atomic mass is 32.2. The van der Waals surface area contributed by atoms with E-state index in [0.29, 0.717) is 38.0 Å². The van der Waals surface area contributed by atoms with Crippen LogP contribution in [0.25, 0.3) is 5.69 Å². The molecule has 5 rings (SSSR count). The van der Waals surface area contributed by atoms with Gasteiger partial charge in [-0.05, 0) is 61.7 Å². The summed E-state index contributed by atoms with van der Waals surface area (Å²) in [5.74, 6) is 1.35. The summed E-state index contributed by atoms with van der Waals surface area (Å²) in [6.45, 7) is 3.44. The zero-order valence-corrected chi connectivity index (χ0v) is 24.0. The molecule has 1 fully saturated rings. The number of unbranched alkanes of at least 4 members (excludes halogenated alkanes) is 1. The van der Waals surface area contributed by atoms with Crippen LogP contribution in [0, 0.1) is 5.82 Å². The molecule has 0 N–H and O–H groups in total. The molecule has 4 aromatic rings. The lowest BCUT2D eigenvalue weighted by Gasteiger charge is -2.40. The Labute approximate surface area is 244 Å². The van der Waals surface area contributed by atoms with Gasteiger partial charge in [0.15, 0.2) is 5.16 Å². The lowest BCUT2D eigenvalue weighted by atomic mass is 10.1. The van der Waals surface area contributed by atoms with Gasteiger partial charge in [-0.2, -0.15) is 0 Å². The molecule has 212 valence electrons. The van der Waals surface area contributed by atoms with Gasteiger partial charge in [-0.1, -0.05) is 60.3 Å². The topological polar surface area (TPSA) is 71.3 Å². The molecule has 0 bridgehead atoms. The fourth-order valence-corrected chi connectivity index (χ4v) is 6.04. The highest BCUT2D eigenvalue weighted by Gasteiger charge is 2.30. The van der Waals surface area contributed by atoms with Crippen molar-refractivity contribution in [2.45, 2.75) is 43.8 Å². The number of thioether (sulfide) groups is 1. The molecule has 41 heavy (non-hydrogen) atoms. The Bertz CT molecular complexity index is 1450. The maximum absolute atomic E-state index is 13.2. The van der Waals surface area contributed by atoms with Crippen molar-refractivity contribution in [2.75, 3.05) is 25.4 Å². The van der Waals surface area contributed by atoms with Crippen molar-refractivity contribution in [3.63, 3.8) is 0 Å². The van der Waals surface area contributed by atoms with E-state index in [9.17, 15) is 14.0 Å². The number of rotatable bonds is 10. The van der Waals surface area contributed by atoms with Gasteiger partial charge < -0.3 is 9.80 Å². The molecule has 1 aliphatic heterocycles. The van der Waals surface area contributed by atoms with E-state index < -0.39 is 0 Å². The Morgan fingerprint density at radius 2 is 1.61 bits per heavy atom. The monoisotopic (exact) mass is 571 g/mol. The third-order valence-electron chi connectivity index (χ3n) is 7.27. The van der Waals surface area contributed by atoms with E-state index in [0.717, 1.165) is 35.3 Å². The van der Waals surface area contributed by atoms with Crippen molar-refractivity contribution in [1.29, 1.82) is 0 Å². The molecule has 0 radical (unpaired) electrons. The average molecular weight is 572 g/mol. The molecule has 2 heterocycles. The van der Waals surface area contributed by atoms with E-state index in [1.165, 1.54) is 29.8 Å². The minimum Gasteiger partial charge on any atom is -0.339 e. The lowest BCUT2D eigenvalue weighted by molar-refractivity contribution is -0.133. The van der Waals surface area contributed by atoms with Gasteiger partial charge in [0.2, 0.25) is 5.91 Å². The van der Waals surface area contributed by atoms with E-state index >= 15 is 0 Å². The zero-order chi connectivity index (χ0) is 28.6. The van der Waals surface area contributed by atoms with E-state index in [1.54, 1.807) is 16.7 Å². The van der Waals surface area contributed by atoms with Crippen LogP contribution in [0.1, 0.15) is 47.9 Å². The molecule has 9 heteroatoms. The number of piperazine rings is 1. The number of carbonyl (C=O) groups is 2. The third kappa shape index (κ3) is 7.21. The van der Waals surface area contributed by atoms with E-state index in [-0.39, 0.29) is 23.7 Å². The summed E-state index contributed by atoms with van der Waals surface area (Å²) in [5, 5.41) is 9.86. The Balaban J connectivity index is 1.10. The summed E-state index contributed by atoms with van der Waals surface area (Å²) in [7, 11) is 0. The highest BCUT2D eigenvalue weighted by Crippen LogP contribution is 2.25. The van der Waals surface area contributed by atoms with Gasteiger partial charge in [0.05, 0.1) is 0 Å². The van der Waals surface area contributed by atoms with Crippen molar-refractivity contribution in [1.82, 2.24) is 24.6 Å². The Kier molecular flexibility index (Phi) is 9.46. The lowest BCUT2D eigenvalue weighted by Crippen LogP contribution is -2.55. The Hall–Kier alpha value is -3.98. The second kappa shape index (κ2) is 13.6. The third-order valence-corrected chi connectivity index (χ3v) is 8.28. The molecule has 2 amide bonds. The zero-order valence-electron chi connectivity index (χ0n) is 23.2. The number of nitrogens with zero attached hydrogens (tertiary/aromatic N) is 5. The maximum Gasteiger partial charge on any atom is 0.254 e. The highest BCUT2D eigenvalue weighted by molar-refractivity contribution is 7.99. The molecule has 1 unspecified atom stereocenters. The predicted molar refractivity (Wildman–Crippen MR) is 159 cm³/mol. The number of carbonyl (C=O) groups excluding carboxylic acids is 2. The summed E-state index contributed by atoms with van der Waals surface area (Å²) >= 11 is 1.66. The number of aromatic nitrogens is 3. The van der Waals surface area contributed by atoms with Gasteiger partial charge in [0.1, 0.15) is 11.6 Å². The number of hydrogen-bond donors (Lipinski definition) is 0. The second-order valence-corrected chi connectivity index (χ2v) is 11.3. The minimum absolute atomic E-state index is 0.102. The van der Waals surface area contributed by atoms with E-state index in [2.05, 4.69) is 39.0 Å². The van der Waals surface area contributed by atoms with Crippen molar-refractivity contribution in [3.8, 4) is 5.69 Å². The molecule has 3 aromatic carbocycles. The molecular weight excluding hydrogens is 537 g/mol. The van der Waals surface area contributed by atoms with Crippen LogP contribution in [0.3, 0.4) is 0 Å². The molecular formula is C32H34FN5O2S. The van der Waals surface area contributed by atoms with Crippen molar-refractivity contribution < 1.29 is 14.0 Å². The van der Waals surface area contributed by atoms with Crippen LogP contribution in [-0.2, 0) is 11.2 Å². The van der Waals surface area contributed by atoms with Crippen LogP contribution in [0.5, 0.6) is 0 Å². The summed E-state index contributed by atoms with van der Waals surface area (Å²) in [6, 6.07) is 25.9. The molecule has 7 nitrogen and oxygen atoms in total. The summed E-state index contributed by atoms with van der Waals surface area (Å²) in [5.41, 5.74) is 2.68. The van der Waals surface area contributed by atoms with E-state index in [1.807, 2.05) is 48.2 Å². The SMILES string of the molecule is CC1CN(C(=O)CCCCSc2nnc(Cc3ccccc3)n2-c2ccccc2)CCN1C(=O)c1ccc(F)cc1. The van der Waals surface area contributed by atoms with Gasteiger partial charge in [-0.15, -0.1) is 10.2 Å². The van der Waals surface area contributed by atoms with Crippen molar-refractivity contribution in [3.05, 3.63) is 108 Å². The van der Waals surface area contributed by atoms with Crippen LogP contribution in [-0.4, -0.2) is 67.8 Å². The fraction of sp³-hybridized carbons (Fsp3) is 0.312. The Morgan fingerprint density at radius 1 is 0.902 bits per heavy atom. The first kappa shape index (κ1) is 28.5. The molecule has 1 atom stereocenters. The molecule has 0 saturated carbocycles. The molecule has 1 aliphatic rings. The predicted octanol–water partition coefficient (Wildman–Crippen LogP) is 5.63. The van der Waals surface area contributed by atoms with Gasteiger partial charge in [-0.3, -0.25) is 14.2 Å². The van der Waals surface area contributed by atoms with Crippen LogP contribution in [0.2, 0.25) is 0 Å². The first-order valence-electron chi connectivity index (χ1n) is 14.0. The standard InChI is InChI=1S/C32H34FN5O2S/c1-24-23-36(19-20-37(24)31(40)26-15-17-27(33)18-16-26)30(39)14-8-9-21-41-32-35-34-29(22-25-10-4-2-5-11-25)38(32)28-12-6-3-7-13-28/h2-7,10-13,15-18,24H,8-9,14,19-23H2,1H3. The molecule has 1 aromatic heterocycles. The van der Waals surface area contributed by atoms with Gasteiger partial charge in [0.25, 0.3) is 5.91 Å². The quantitative estimate of drug-likeness (QED) is 0.182. The van der Waals surface area contributed by atoms with Gasteiger partial charge in [-0.25, -0.2) is 4.39 Å². The van der Waals surface area contributed by atoms with Crippen LogP contribution in [0.15, 0.2) is 90.1 Å². The first-order chi connectivity index (χ1) is 20.0. The smallest absolute Gasteiger partial charge is 0.254 e. The van der Waals surface area contributed by atoms with Crippen LogP contribution < -0.4 is 0 Å². The number of hydrogen-bond acceptors (Lipinski definition) is 5. The van der Waals surface area contributed by atoms with E-state index in [4.69, 9.17) is 0 Å². The van der Waals surface area contributed by atoms with Gasteiger partial charge in [0, 0.05) is 55.5 Å². The summed E-state index contributed by atoms with van der Waals surface area (Å²) in [4.78, 5) is 29.4. The normalized spacial score (nSPS) is 15.2. The Morgan fingerprint density at radius 3 is 2.32 bits per heavy atom. The first-order valence-corrected chi connectivity index (χ1v) is 15.0. The fourth-order valence-electron chi connectivity index (χ4n) is 5.07.